The topological polar surface area (TPSA) is 91.2 Å². The van der Waals surface area contributed by atoms with E-state index in [-0.39, 0.29) is 5.91 Å². The Morgan fingerprint density at radius 3 is 2.63 bits per heavy atom. The molecule has 1 N–H and O–H groups in total. The first-order chi connectivity index (χ1) is 14.4. The molecule has 3 aromatic rings. The van der Waals surface area contributed by atoms with E-state index in [1.807, 2.05) is 31.2 Å². The SMILES string of the molecule is COc1ccc(Cn2nnnc2S[C@H](C)C(=O)Nc2cc(C)c(Cl)cc2OC)cc1. The van der Waals surface area contributed by atoms with Gasteiger partial charge in [-0.1, -0.05) is 35.5 Å². The molecule has 3 rings (SSSR count). The molecule has 0 spiro atoms. The fraction of sp³-hybridized carbons (Fsp3) is 0.300. The number of aromatic nitrogens is 4. The van der Waals surface area contributed by atoms with Crippen molar-refractivity contribution in [1.29, 1.82) is 0 Å². The second-order valence-corrected chi connectivity index (χ2v) is 8.23. The van der Waals surface area contributed by atoms with E-state index < -0.39 is 5.25 Å². The maximum atomic E-state index is 12.7. The Bertz CT molecular complexity index is 1030. The number of aryl methyl sites for hydroxylation is 1. The Kier molecular flexibility index (Phi) is 7.17. The molecule has 0 bridgehead atoms. The van der Waals surface area contributed by atoms with Gasteiger partial charge in [-0.25, -0.2) is 4.68 Å². The number of hydrogen-bond acceptors (Lipinski definition) is 7. The number of tetrazole rings is 1. The van der Waals surface area contributed by atoms with Crippen LogP contribution in [0.15, 0.2) is 41.6 Å². The smallest absolute Gasteiger partial charge is 0.237 e. The summed E-state index contributed by atoms with van der Waals surface area (Å²) in [7, 11) is 3.15. The van der Waals surface area contributed by atoms with Crippen LogP contribution in [-0.2, 0) is 11.3 Å². The zero-order chi connectivity index (χ0) is 21.7. The number of amides is 1. The van der Waals surface area contributed by atoms with Crippen molar-refractivity contribution < 1.29 is 14.3 Å². The third kappa shape index (κ3) is 5.22. The number of nitrogens with one attached hydrogen (secondary N) is 1. The van der Waals surface area contributed by atoms with Crippen molar-refractivity contribution in [2.75, 3.05) is 19.5 Å². The van der Waals surface area contributed by atoms with Crippen LogP contribution in [0.1, 0.15) is 18.1 Å². The van der Waals surface area contributed by atoms with E-state index in [9.17, 15) is 4.79 Å². The molecule has 8 nitrogen and oxygen atoms in total. The van der Waals surface area contributed by atoms with E-state index in [0.717, 1.165) is 16.9 Å². The fourth-order valence-electron chi connectivity index (χ4n) is 2.66. The predicted octanol–water partition coefficient (Wildman–Crippen LogP) is 3.82. The average molecular weight is 448 g/mol. The van der Waals surface area contributed by atoms with Gasteiger partial charge in [-0.2, -0.15) is 0 Å². The van der Waals surface area contributed by atoms with Crippen LogP contribution in [0.4, 0.5) is 5.69 Å². The first-order valence-corrected chi connectivity index (χ1v) is 10.4. The number of carbonyl (C=O) groups is 1. The summed E-state index contributed by atoms with van der Waals surface area (Å²) < 4.78 is 12.1. The minimum absolute atomic E-state index is 0.195. The number of hydrogen-bond donors (Lipinski definition) is 1. The summed E-state index contributed by atoms with van der Waals surface area (Å²) in [6.07, 6.45) is 0. The van der Waals surface area contributed by atoms with Gasteiger partial charge in [0.15, 0.2) is 0 Å². The first-order valence-electron chi connectivity index (χ1n) is 9.12. The first kappa shape index (κ1) is 21.9. The van der Waals surface area contributed by atoms with Crippen LogP contribution in [0.25, 0.3) is 0 Å². The lowest BCUT2D eigenvalue weighted by atomic mass is 10.2. The third-order valence-corrected chi connectivity index (χ3v) is 5.86. The summed E-state index contributed by atoms with van der Waals surface area (Å²) in [5, 5.41) is 15.4. The van der Waals surface area contributed by atoms with Gasteiger partial charge in [0.1, 0.15) is 11.5 Å². The van der Waals surface area contributed by atoms with E-state index in [0.29, 0.717) is 28.2 Å². The van der Waals surface area contributed by atoms with Gasteiger partial charge in [0, 0.05) is 11.1 Å². The molecule has 1 aromatic heterocycles. The normalized spacial score (nSPS) is 11.8. The van der Waals surface area contributed by atoms with Crippen LogP contribution in [-0.4, -0.2) is 45.6 Å². The maximum absolute atomic E-state index is 12.7. The van der Waals surface area contributed by atoms with E-state index in [1.54, 1.807) is 30.8 Å². The largest absolute Gasteiger partial charge is 0.497 e. The van der Waals surface area contributed by atoms with Gasteiger partial charge in [0.25, 0.3) is 0 Å². The highest BCUT2D eigenvalue weighted by atomic mass is 35.5. The second-order valence-electron chi connectivity index (χ2n) is 6.52. The molecule has 0 saturated carbocycles. The number of nitrogens with zero attached hydrogens (tertiary/aromatic N) is 4. The Labute approximate surface area is 183 Å². The molecule has 30 heavy (non-hydrogen) atoms. The van der Waals surface area contributed by atoms with Gasteiger partial charge in [0.05, 0.1) is 31.7 Å². The van der Waals surface area contributed by atoms with Crippen LogP contribution in [0.2, 0.25) is 5.02 Å². The highest BCUT2D eigenvalue weighted by Crippen LogP contribution is 2.32. The van der Waals surface area contributed by atoms with E-state index in [1.165, 1.54) is 18.9 Å². The number of ether oxygens (including phenoxy) is 2. The monoisotopic (exact) mass is 447 g/mol. The van der Waals surface area contributed by atoms with Crippen molar-refractivity contribution in [2.45, 2.75) is 30.8 Å². The number of carbonyl (C=O) groups excluding carboxylic acids is 1. The minimum atomic E-state index is -0.439. The predicted molar refractivity (Wildman–Crippen MR) is 117 cm³/mol. The summed E-state index contributed by atoms with van der Waals surface area (Å²) in [4.78, 5) is 12.7. The molecule has 1 amide bonds. The van der Waals surface area contributed by atoms with Crippen LogP contribution < -0.4 is 14.8 Å². The summed E-state index contributed by atoms with van der Waals surface area (Å²) >= 11 is 7.41. The molecular weight excluding hydrogens is 426 g/mol. The second kappa shape index (κ2) is 9.82. The van der Waals surface area contributed by atoms with E-state index >= 15 is 0 Å². The Hall–Kier alpha value is -2.78. The molecule has 1 atom stereocenters. The molecule has 10 heteroatoms. The average Bonchev–Trinajstić information content (AvgIpc) is 3.17. The number of benzene rings is 2. The Morgan fingerprint density at radius 2 is 1.97 bits per heavy atom. The lowest BCUT2D eigenvalue weighted by molar-refractivity contribution is -0.115. The zero-order valence-electron chi connectivity index (χ0n) is 17.0. The highest BCUT2D eigenvalue weighted by Gasteiger charge is 2.20. The lowest BCUT2D eigenvalue weighted by Gasteiger charge is -2.15. The zero-order valence-corrected chi connectivity index (χ0v) is 18.6. The Balaban J connectivity index is 1.68. The van der Waals surface area contributed by atoms with Crippen molar-refractivity contribution in [1.82, 2.24) is 20.2 Å². The lowest BCUT2D eigenvalue weighted by Crippen LogP contribution is -2.23. The molecular formula is C20H22ClN5O3S. The summed E-state index contributed by atoms with van der Waals surface area (Å²) in [5.74, 6) is 1.09. The van der Waals surface area contributed by atoms with Gasteiger partial charge in [-0.05, 0) is 53.6 Å². The van der Waals surface area contributed by atoms with Crippen LogP contribution >= 0.6 is 23.4 Å². The molecule has 1 heterocycles. The van der Waals surface area contributed by atoms with Crippen molar-refractivity contribution in [3.63, 3.8) is 0 Å². The standard InChI is InChI=1S/C20H22ClN5O3S/c1-12-9-17(18(29-4)10-16(12)21)22-19(27)13(2)30-20-23-24-25-26(20)11-14-5-7-15(28-3)8-6-14/h5-10,13H,11H2,1-4H3,(H,22,27)/t13-/m1/s1. The van der Waals surface area contributed by atoms with E-state index in [4.69, 9.17) is 21.1 Å². The Morgan fingerprint density at radius 1 is 1.23 bits per heavy atom. The summed E-state index contributed by atoms with van der Waals surface area (Å²) in [5.41, 5.74) is 2.43. The molecule has 0 radical (unpaired) electrons. The molecule has 0 aliphatic rings. The van der Waals surface area contributed by atoms with Crippen molar-refractivity contribution in [3.05, 3.63) is 52.5 Å². The molecule has 0 aliphatic carbocycles. The van der Waals surface area contributed by atoms with Crippen molar-refractivity contribution in [3.8, 4) is 11.5 Å². The third-order valence-electron chi connectivity index (χ3n) is 4.38. The number of thioether (sulfide) groups is 1. The van der Waals surface area contributed by atoms with Gasteiger partial charge in [-0.3, -0.25) is 4.79 Å². The summed E-state index contributed by atoms with van der Waals surface area (Å²) in [6, 6.07) is 11.1. The molecule has 158 valence electrons. The highest BCUT2D eigenvalue weighted by molar-refractivity contribution is 8.00. The van der Waals surface area contributed by atoms with Gasteiger partial charge in [0.2, 0.25) is 11.1 Å². The molecule has 0 aliphatic heterocycles. The van der Waals surface area contributed by atoms with Gasteiger partial charge in [-0.15, -0.1) is 5.10 Å². The van der Waals surface area contributed by atoms with Crippen LogP contribution in [0.3, 0.4) is 0 Å². The molecule has 2 aromatic carbocycles. The van der Waals surface area contributed by atoms with Gasteiger partial charge < -0.3 is 14.8 Å². The maximum Gasteiger partial charge on any atom is 0.237 e. The fourth-order valence-corrected chi connectivity index (χ4v) is 3.60. The van der Waals surface area contributed by atoms with Gasteiger partial charge >= 0.3 is 0 Å². The van der Waals surface area contributed by atoms with Crippen LogP contribution in [0, 0.1) is 6.92 Å². The minimum Gasteiger partial charge on any atom is -0.497 e. The number of halogens is 1. The van der Waals surface area contributed by atoms with Crippen LogP contribution in [0.5, 0.6) is 11.5 Å². The van der Waals surface area contributed by atoms with Crippen molar-refractivity contribution in [2.24, 2.45) is 0 Å². The van der Waals surface area contributed by atoms with Crippen molar-refractivity contribution >= 4 is 35.0 Å². The number of anilines is 1. The molecule has 0 saturated heterocycles. The van der Waals surface area contributed by atoms with E-state index in [2.05, 4.69) is 20.8 Å². The quantitative estimate of drug-likeness (QED) is 0.525. The number of methoxy groups -OCH3 is 2. The molecule has 0 fully saturated rings. The number of rotatable bonds is 8. The summed E-state index contributed by atoms with van der Waals surface area (Å²) in [6.45, 7) is 4.14. The molecule has 0 unspecified atom stereocenters.